The Bertz CT molecular complexity index is 116. The fourth-order valence-corrected chi connectivity index (χ4v) is 1.43. The second kappa shape index (κ2) is 3.56. The van der Waals surface area contributed by atoms with Gasteiger partial charge in [0, 0.05) is 13.1 Å². The average molecular weight is 142 g/mol. The van der Waals surface area contributed by atoms with E-state index >= 15 is 0 Å². The zero-order valence-corrected chi connectivity index (χ0v) is 6.12. The molecule has 10 heavy (non-hydrogen) atoms. The highest BCUT2D eigenvalue weighted by Gasteiger charge is 2.19. The number of nitrogens with two attached hydrogens (primary N) is 1. The van der Waals surface area contributed by atoms with Crippen LogP contribution < -0.4 is 5.73 Å². The molecule has 0 radical (unpaired) electrons. The number of carbonyl (C=O) groups is 1. The molecule has 3 nitrogen and oxygen atoms in total. The van der Waals surface area contributed by atoms with Crippen molar-refractivity contribution in [3.63, 3.8) is 0 Å². The summed E-state index contributed by atoms with van der Waals surface area (Å²) >= 11 is 0. The first-order valence-corrected chi connectivity index (χ1v) is 3.76. The van der Waals surface area contributed by atoms with Gasteiger partial charge in [0.15, 0.2) is 0 Å². The topological polar surface area (TPSA) is 46.3 Å². The second-order valence-electron chi connectivity index (χ2n) is 2.83. The first-order valence-electron chi connectivity index (χ1n) is 3.76. The molecule has 0 aromatic heterocycles. The lowest BCUT2D eigenvalue weighted by Crippen LogP contribution is -2.19. The third-order valence-electron chi connectivity index (χ3n) is 2.04. The van der Waals surface area contributed by atoms with Gasteiger partial charge >= 0.3 is 0 Å². The Morgan fingerprint density at radius 2 is 2.50 bits per heavy atom. The summed E-state index contributed by atoms with van der Waals surface area (Å²) in [6.07, 6.45) is 3.12. The van der Waals surface area contributed by atoms with Crippen molar-refractivity contribution < 1.29 is 4.79 Å². The third kappa shape index (κ3) is 1.70. The minimum Gasteiger partial charge on any atom is -0.345 e. The molecule has 1 saturated heterocycles. The van der Waals surface area contributed by atoms with Crippen LogP contribution in [0.5, 0.6) is 0 Å². The fraction of sp³-hybridized carbons (Fsp3) is 0.857. The lowest BCUT2D eigenvalue weighted by Gasteiger charge is -2.08. The van der Waals surface area contributed by atoms with Gasteiger partial charge in [-0.15, -0.1) is 0 Å². The third-order valence-corrected chi connectivity index (χ3v) is 2.04. The first-order chi connectivity index (χ1) is 4.86. The molecule has 1 fully saturated rings. The molecule has 1 atom stereocenters. The smallest absolute Gasteiger partial charge is 0.209 e. The molecule has 1 unspecified atom stereocenters. The molecule has 2 N–H and O–H groups in total. The quantitative estimate of drug-likeness (QED) is 0.555. The standard InChI is InChI=1S/C7H14N2O/c8-3-1-7-2-4-9(5-7)6-10/h6-7H,1-5,8H2. The predicted octanol–water partition coefficient (Wildman–Crippen LogP) is -0.186. The van der Waals surface area contributed by atoms with Crippen LogP contribution in [0.2, 0.25) is 0 Å². The zero-order chi connectivity index (χ0) is 7.40. The summed E-state index contributed by atoms with van der Waals surface area (Å²) in [4.78, 5) is 12.1. The Morgan fingerprint density at radius 1 is 1.70 bits per heavy atom. The number of hydrogen-bond donors (Lipinski definition) is 1. The van der Waals surface area contributed by atoms with Crippen molar-refractivity contribution in [2.24, 2.45) is 11.7 Å². The Kier molecular flexibility index (Phi) is 2.68. The van der Waals surface area contributed by atoms with Crippen LogP contribution in [0.25, 0.3) is 0 Å². The van der Waals surface area contributed by atoms with Crippen LogP contribution in [0, 0.1) is 5.92 Å². The number of carbonyl (C=O) groups excluding carboxylic acids is 1. The summed E-state index contributed by atoms with van der Waals surface area (Å²) in [6, 6.07) is 0. The SMILES string of the molecule is NCCC1CCN(C=O)C1. The van der Waals surface area contributed by atoms with Crippen LogP contribution in [-0.4, -0.2) is 30.9 Å². The molecule has 0 aliphatic carbocycles. The highest BCUT2D eigenvalue weighted by atomic mass is 16.1. The fourth-order valence-electron chi connectivity index (χ4n) is 1.43. The molecule has 1 aliphatic heterocycles. The molecule has 1 aliphatic rings. The maximum atomic E-state index is 10.3. The molecule has 0 spiro atoms. The summed E-state index contributed by atoms with van der Waals surface area (Å²) in [5, 5.41) is 0. The Balaban J connectivity index is 2.21. The van der Waals surface area contributed by atoms with E-state index in [9.17, 15) is 4.79 Å². The molecule has 1 heterocycles. The molecule has 0 aromatic rings. The van der Waals surface area contributed by atoms with E-state index in [4.69, 9.17) is 5.73 Å². The van der Waals surface area contributed by atoms with Crippen LogP contribution in [0.4, 0.5) is 0 Å². The van der Waals surface area contributed by atoms with E-state index in [1.54, 1.807) is 0 Å². The molecular weight excluding hydrogens is 128 g/mol. The number of rotatable bonds is 3. The van der Waals surface area contributed by atoms with E-state index < -0.39 is 0 Å². The summed E-state index contributed by atoms with van der Waals surface area (Å²) < 4.78 is 0. The highest BCUT2D eigenvalue weighted by molar-refractivity contribution is 5.47. The lowest BCUT2D eigenvalue weighted by molar-refractivity contribution is -0.117. The lowest BCUT2D eigenvalue weighted by atomic mass is 10.1. The van der Waals surface area contributed by atoms with Crippen LogP contribution in [0.1, 0.15) is 12.8 Å². The van der Waals surface area contributed by atoms with Crippen molar-refractivity contribution >= 4 is 6.41 Å². The molecule has 0 bridgehead atoms. The number of likely N-dealkylation sites (tertiary alicyclic amines) is 1. The summed E-state index contributed by atoms with van der Waals surface area (Å²) in [5.41, 5.74) is 5.39. The Hall–Kier alpha value is -0.570. The van der Waals surface area contributed by atoms with E-state index in [1.807, 2.05) is 4.90 Å². The first kappa shape index (κ1) is 7.54. The average Bonchev–Trinajstić information content (AvgIpc) is 2.37. The van der Waals surface area contributed by atoms with Crippen molar-refractivity contribution in [2.45, 2.75) is 12.8 Å². The highest BCUT2D eigenvalue weighted by Crippen LogP contribution is 2.16. The van der Waals surface area contributed by atoms with Crippen molar-refractivity contribution in [2.75, 3.05) is 19.6 Å². The van der Waals surface area contributed by atoms with Gasteiger partial charge in [0.05, 0.1) is 0 Å². The Labute approximate surface area is 61.2 Å². The Morgan fingerprint density at radius 3 is 3.00 bits per heavy atom. The van der Waals surface area contributed by atoms with Crippen LogP contribution in [0.3, 0.4) is 0 Å². The maximum absolute atomic E-state index is 10.3. The molecular formula is C7H14N2O. The van der Waals surface area contributed by atoms with Gasteiger partial charge < -0.3 is 10.6 Å². The molecule has 1 amide bonds. The van der Waals surface area contributed by atoms with Gasteiger partial charge in [-0.25, -0.2) is 0 Å². The van der Waals surface area contributed by atoms with Gasteiger partial charge in [-0.3, -0.25) is 4.79 Å². The molecule has 0 aromatic carbocycles. The number of nitrogens with zero attached hydrogens (tertiary/aromatic N) is 1. The van der Waals surface area contributed by atoms with E-state index in [-0.39, 0.29) is 0 Å². The van der Waals surface area contributed by atoms with E-state index in [1.165, 1.54) is 0 Å². The summed E-state index contributed by atoms with van der Waals surface area (Å²) in [6.45, 7) is 2.59. The normalized spacial score (nSPS) is 25.3. The van der Waals surface area contributed by atoms with Gasteiger partial charge in [0.1, 0.15) is 0 Å². The summed E-state index contributed by atoms with van der Waals surface area (Å²) in [7, 11) is 0. The molecule has 0 saturated carbocycles. The summed E-state index contributed by atoms with van der Waals surface area (Å²) in [5.74, 6) is 0.662. The van der Waals surface area contributed by atoms with Gasteiger partial charge in [-0.2, -0.15) is 0 Å². The van der Waals surface area contributed by atoms with Gasteiger partial charge in [0.25, 0.3) is 0 Å². The van der Waals surface area contributed by atoms with Gasteiger partial charge in [0.2, 0.25) is 6.41 Å². The van der Waals surface area contributed by atoms with Crippen molar-refractivity contribution in [1.29, 1.82) is 0 Å². The van der Waals surface area contributed by atoms with Crippen LogP contribution in [0.15, 0.2) is 0 Å². The minimum absolute atomic E-state index is 0.662. The van der Waals surface area contributed by atoms with Gasteiger partial charge in [-0.1, -0.05) is 0 Å². The van der Waals surface area contributed by atoms with Crippen molar-refractivity contribution in [1.82, 2.24) is 4.90 Å². The minimum atomic E-state index is 0.662. The van der Waals surface area contributed by atoms with Gasteiger partial charge in [-0.05, 0) is 25.3 Å². The van der Waals surface area contributed by atoms with Crippen molar-refractivity contribution in [3.8, 4) is 0 Å². The number of hydrogen-bond acceptors (Lipinski definition) is 2. The van der Waals surface area contributed by atoms with Crippen LogP contribution in [-0.2, 0) is 4.79 Å². The molecule has 3 heteroatoms. The maximum Gasteiger partial charge on any atom is 0.209 e. The molecule has 58 valence electrons. The monoisotopic (exact) mass is 142 g/mol. The van der Waals surface area contributed by atoms with E-state index in [2.05, 4.69) is 0 Å². The van der Waals surface area contributed by atoms with Crippen molar-refractivity contribution in [3.05, 3.63) is 0 Å². The zero-order valence-electron chi connectivity index (χ0n) is 6.12. The predicted molar refractivity (Wildman–Crippen MR) is 39.4 cm³/mol. The van der Waals surface area contributed by atoms with Crippen LogP contribution >= 0.6 is 0 Å². The van der Waals surface area contributed by atoms with E-state index in [0.29, 0.717) is 5.92 Å². The second-order valence-corrected chi connectivity index (χ2v) is 2.83. The van der Waals surface area contributed by atoms with E-state index in [0.717, 1.165) is 38.9 Å². The molecule has 1 rings (SSSR count). The number of amides is 1. The largest absolute Gasteiger partial charge is 0.345 e.